The molecule has 2 amide bonds. The third kappa shape index (κ3) is 6.50. The second-order valence-corrected chi connectivity index (χ2v) is 9.35. The third-order valence-corrected chi connectivity index (χ3v) is 6.80. The SMILES string of the molecule is NCCCCC(NC(=O)c1cccc2ccccc12)C(=O)Nc1ccccc1Sc1ccccc1. The maximum absolute atomic E-state index is 13.4. The molecule has 4 aromatic carbocycles. The lowest BCUT2D eigenvalue weighted by molar-refractivity contribution is -0.118. The van der Waals surface area contributed by atoms with Gasteiger partial charge in [-0.15, -0.1) is 0 Å². The van der Waals surface area contributed by atoms with E-state index in [-0.39, 0.29) is 11.8 Å². The predicted molar refractivity (Wildman–Crippen MR) is 144 cm³/mol. The van der Waals surface area contributed by atoms with Crippen LogP contribution >= 0.6 is 11.8 Å². The summed E-state index contributed by atoms with van der Waals surface area (Å²) in [6.07, 6.45) is 2.03. The van der Waals surface area contributed by atoms with E-state index in [2.05, 4.69) is 10.6 Å². The molecule has 1 unspecified atom stereocenters. The zero-order valence-corrected chi connectivity index (χ0v) is 20.3. The average Bonchev–Trinajstić information content (AvgIpc) is 2.89. The lowest BCUT2D eigenvalue weighted by Gasteiger charge is -2.20. The first-order valence-electron chi connectivity index (χ1n) is 11.8. The van der Waals surface area contributed by atoms with Gasteiger partial charge in [0.15, 0.2) is 0 Å². The molecule has 1 atom stereocenters. The van der Waals surface area contributed by atoms with Gasteiger partial charge < -0.3 is 16.4 Å². The van der Waals surface area contributed by atoms with Gasteiger partial charge in [0.1, 0.15) is 6.04 Å². The molecule has 0 heterocycles. The van der Waals surface area contributed by atoms with Gasteiger partial charge in [0.05, 0.1) is 5.69 Å². The van der Waals surface area contributed by atoms with Crippen LogP contribution in [-0.2, 0) is 4.79 Å². The van der Waals surface area contributed by atoms with Gasteiger partial charge in [-0.2, -0.15) is 0 Å². The van der Waals surface area contributed by atoms with Crippen molar-refractivity contribution in [3.63, 3.8) is 0 Å². The van der Waals surface area contributed by atoms with E-state index in [0.29, 0.717) is 18.5 Å². The van der Waals surface area contributed by atoms with Crippen molar-refractivity contribution in [3.05, 3.63) is 103 Å². The first-order chi connectivity index (χ1) is 17.2. The highest BCUT2D eigenvalue weighted by atomic mass is 32.2. The minimum Gasteiger partial charge on any atom is -0.340 e. The van der Waals surface area contributed by atoms with Crippen LogP contribution in [0.2, 0.25) is 0 Å². The molecule has 0 aliphatic rings. The normalized spacial score (nSPS) is 11.7. The van der Waals surface area contributed by atoms with Crippen molar-refractivity contribution in [1.82, 2.24) is 5.32 Å². The van der Waals surface area contributed by atoms with Crippen molar-refractivity contribution in [1.29, 1.82) is 0 Å². The van der Waals surface area contributed by atoms with Gasteiger partial charge in [-0.1, -0.05) is 78.5 Å². The summed E-state index contributed by atoms with van der Waals surface area (Å²) in [4.78, 5) is 28.6. The van der Waals surface area contributed by atoms with E-state index in [1.54, 1.807) is 17.8 Å². The number of para-hydroxylation sites is 1. The van der Waals surface area contributed by atoms with E-state index in [0.717, 1.165) is 39.1 Å². The van der Waals surface area contributed by atoms with E-state index in [9.17, 15) is 9.59 Å². The maximum atomic E-state index is 13.4. The van der Waals surface area contributed by atoms with Crippen molar-refractivity contribution in [2.45, 2.75) is 35.1 Å². The Labute approximate surface area is 210 Å². The number of benzene rings is 4. The molecule has 5 nitrogen and oxygen atoms in total. The number of nitrogens with one attached hydrogen (secondary N) is 2. The second kappa shape index (κ2) is 12.2. The second-order valence-electron chi connectivity index (χ2n) is 8.24. The molecule has 178 valence electrons. The van der Waals surface area contributed by atoms with Gasteiger partial charge in [0.2, 0.25) is 5.91 Å². The number of hydrogen-bond donors (Lipinski definition) is 3. The Morgan fingerprint density at radius 2 is 1.51 bits per heavy atom. The quantitative estimate of drug-likeness (QED) is 0.247. The molecule has 4 aromatic rings. The first kappa shape index (κ1) is 24.5. The van der Waals surface area contributed by atoms with Crippen molar-refractivity contribution < 1.29 is 9.59 Å². The monoisotopic (exact) mass is 483 g/mol. The Bertz CT molecular complexity index is 1290. The molecular formula is C29H29N3O2S. The van der Waals surface area contributed by atoms with Crippen molar-refractivity contribution >= 4 is 40.0 Å². The average molecular weight is 484 g/mol. The Morgan fingerprint density at radius 1 is 0.800 bits per heavy atom. The molecule has 4 N–H and O–H groups in total. The molecule has 6 heteroatoms. The highest BCUT2D eigenvalue weighted by molar-refractivity contribution is 7.99. The number of carbonyl (C=O) groups is 2. The zero-order valence-electron chi connectivity index (χ0n) is 19.4. The smallest absolute Gasteiger partial charge is 0.252 e. The summed E-state index contributed by atoms with van der Waals surface area (Å²) < 4.78 is 0. The van der Waals surface area contributed by atoms with Crippen LogP contribution < -0.4 is 16.4 Å². The number of amides is 2. The Morgan fingerprint density at radius 3 is 2.34 bits per heavy atom. The van der Waals surface area contributed by atoms with E-state index in [1.807, 2.05) is 91.0 Å². The number of hydrogen-bond acceptors (Lipinski definition) is 4. The number of rotatable bonds is 10. The van der Waals surface area contributed by atoms with Crippen molar-refractivity contribution in [2.75, 3.05) is 11.9 Å². The molecule has 4 rings (SSSR count). The zero-order chi connectivity index (χ0) is 24.5. The summed E-state index contributed by atoms with van der Waals surface area (Å²) in [5, 5.41) is 7.86. The minimum atomic E-state index is -0.678. The molecule has 0 aliphatic heterocycles. The van der Waals surface area contributed by atoms with Gasteiger partial charge in [-0.3, -0.25) is 9.59 Å². The molecule has 0 bridgehead atoms. The topological polar surface area (TPSA) is 84.2 Å². The fourth-order valence-electron chi connectivity index (χ4n) is 3.92. The summed E-state index contributed by atoms with van der Waals surface area (Å²) in [7, 11) is 0. The Hall–Kier alpha value is -3.61. The fourth-order valence-corrected chi connectivity index (χ4v) is 4.84. The van der Waals surface area contributed by atoms with E-state index in [1.165, 1.54) is 0 Å². The third-order valence-electron chi connectivity index (χ3n) is 5.72. The predicted octanol–water partition coefficient (Wildman–Crippen LogP) is 5.86. The number of carbonyl (C=O) groups excluding carboxylic acids is 2. The van der Waals surface area contributed by atoms with Crippen molar-refractivity contribution in [2.24, 2.45) is 5.73 Å². The van der Waals surface area contributed by atoms with Crippen LogP contribution in [-0.4, -0.2) is 24.4 Å². The highest BCUT2D eigenvalue weighted by Gasteiger charge is 2.23. The van der Waals surface area contributed by atoms with Crippen LogP contribution in [0.4, 0.5) is 5.69 Å². The minimum absolute atomic E-state index is 0.239. The molecule has 0 saturated carbocycles. The van der Waals surface area contributed by atoms with Gasteiger partial charge >= 0.3 is 0 Å². The number of nitrogens with two attached hydrogens (primary N) is 1. The number of fused-ring (bicyclic) bond motifs is 1. The molecule has 35 heavy (non-hydrogen) atoms. The van der Waals surface area contributed by atoms with Gasteiger partial charge in [0.25, 0.3) is 5.91 Å². The molecule has 0 aliphatic carbocycles. The first-order valence-corrected chi connectivity index (χ1v) is 12.6. The standard InChI is InChI=1S/C29H29N3O2S/c30-20-9-8-18-26(32-28(33)24-16-10-12-21-11-4-5-15-23(21)24)29(34)31-25-17-6-7-19-27(25)35-22-13-2-1-3-14-22/h1-7,10-17,19,26H,8-9,18,20,30H2,(H,31,34)(H,32,33). The van der Waals surface area contributed by atoms with Crippen LogP contribution in [0, 0.1) is 0 Å². The number of anilines is 1. The Kier molecular flexibility index (Phi) is 8.54. The number of unbranched alkanes of at least 4 members (excludes halogenated alkanes) is 1. The highest BCUT2D eigenvalue weighted by Crippen LogP contribution is 2.33. The van der Waals surface area contributed by atoms with Crippen LogP contribution in [0.25, 0.3) is 10.8 Å². The molecule has 0 saturated heterocycles. The molecule has 0 fully saturated rings. The van der Waals surface area contributed by atoms with Crippen LogP contribution in [0.3, 0.4) is 0 Å². The van der Waals surface area contributed by atoms with Gasteiger partial charge in [-0.05, 0) is 66.9 Å². The van der Waals surface area contributed by atoms with Crippen LogP contribution in [0.15, 0.2) is 107 Å². The lowest BCUT2D eigenvalue weighted by atomic mass is 10.0. The summed E-state index contributed by atoms with van der Waals surface area (Å²) in [5.74, 6) is -0.502. The van der Waals surface area contributed by atoms with E-state index >= 15 is 0 Å². The molecule has 0 aromatic heterocycles. The van der Waals surface area contributed by atoms with Gasteiger partial charge in [-0.25, -0.2) is 0 Å². The largest absolute Gasteiger partial charge is 0.340 e. The molecule has 0 spiro atoms. The molecular weight excluding hydrogens is 454 g/mol. The van der Waals surface area contributed by atoms with E-state index in [4.69, 9.17) is 5.73 Å². The summed E-state index contributed by atoms with van der Waals surface area (Å²) >= 11 is 1.58. The molecule has 0 radical (unpaired) electrons. The maximum Gasteiger partial charge on any atom is 0.252 e. The van der Waals surface area contributed by atoms with Gasteiger partial charge in [0, 0.05) is 15.4 Å². The van der Waals surface area contributed by atoms with Crippen LogP contribution in [0.1, 0.15) is 29.6 Å². The summed E-state index contributed by atoms with van der Waals surface area (Å²) in [5.41, 5.74) is 6.94. The fraction of sp³-hybridized carbons (Fsp3) is 0.172. The summed E-state index contributed by atoms with van der Waals surface area (Å²) in [6, 6.07) is 30.4. The Balaban J connectivity index is 1.53. The van der Waals surface area contributed by atoms with Crippen LogP contribution in [0.5, 0.6) is 0 Å². The summed E-state index contributed by atoms with van der Waals surface area (Å²) in [6.45, 7) is 0.544. The van der Waals surface area contributed by atoms with E-state index < -0.39 is 6.04 Å². The van der Waals surface area contributed by atoms with Crippen molar-refractivity contribution in [3.8, 4) is 0 Å². The lowest BCUT2D eigenvalue weighted by Crippen LogP contribution is -2.44.